The van der Waals surface area contributed by atoms with Crippen LogP contribution in [0.2, 0.25) is 0 Å². The highest BCUT2D eigenvalue weighted by Crippen LogP contribution is 2.43. The molecule has 1 fully saturated rings. The number of methoxy groups -OCH3 is 1. The van der Waals surface area contributed by atoms with Gasteiger partial charge in [-0.2, -0.15) is 4.31 Å². The van der Waals surface area contributed by atoms with E-state index < -0.39 is 44.4 Å². The summed E-state index contributed by atoms with van der Waals surface area (Å²) in [5, 5.41) is 37.3. The number of ether oxygens (including phenoxy) is 1. The number of sulfonamides is 2. The van der Waals surface area contributed by atoms with E-state index in [4.69, 9.17) is 9.88 Å². The van der Waals surface area contributed by atoms with Gasteiger partial charge in [-0.05, 0) is 88.2 Å². The number of thiophene rings is 1. The van der Waals surface area contributed by atoms with Crippen LogP contribution in [0.15, 0.2) is 57.0 Å². The third-order valence-corrected chi connectivity index (χ3v) is 14.8. The van der Waals surface area contributed by atoms with Gasteiger partial charge in [-0.15, -0.1) is 11.3 Å². The van der Waals surface area contributed by atoms with Gasteiger partial charge < -0.3 is 25.0 Å². The molecular weight excluding hydrogens is 703 g/mol. The predicted molar refractivity (Wildman–Crippen MR) is 192 cm³/mol. The molecule has 2 heterocycles. The number of carbonyl (C=O) groups excluding carboxylic acids is 1. The molecule has 4 rings (SSSR count). The van der Waals surface area contributed by atoms with Crippen LogP contribution in [-0.2, 0) is 36.0 Å². The standard InChI is InChI=1S/C35H53N3O9S3/c1-3-38(30-24-37(20-11-21-47-2)50(45,46)35-29(30)22-34(48-35)49(36,43)44)33(42)15-10-5-4-9-14-27-28(32(41)23-31(27)40)19-18-26(39)17-16-25-12-7-6-8-13-25/h4,6-9,12-13,22,26-28,30-32,39-41H,3,5,10-11,14-21,23-24H2,1-2H3,(H2,36,43,44)/b9-4-/t26-,27-,28-,30-,31+,32-/m1/s1. The summed E-state index contributed by atoms with van der Waals surface area (Å²) in [5.41, 5.74) is 1.45. The number of unbranched alkanes of at least 4 members (excludes halogenated alkanes) is 1. The lowest BCUT2D eigenvalue weighted by Crippen LogP contribution is -2.47. The third-order valence-electron chi connectivity index (χ3n) is 9.89. The summed E-state index contributed by atoms with van der Waals surface area (Å²) in [6.07, 6.45) is 7.58. The number of likely N-dealkylation sites (N-methyl/N-ethyl adjacent to an activating group) is 1. The second-order valence-corrected chi connectivity index (χ2v) is 18.3. The molecule has 2 aliphatic rings. The molecule has 1 saturated carbocycles. The number of rotatable bonds is 19. The number of amides is 1. The Kier molecular flexibility index (Phi) is 15.0. The molecule has 1 aliphatic heterocycles. The molecule has 280 valence electrons. The zero-order valence-electron chi connectivity index (χ0n) is 29.0. The van der Waals surface area contributed by atoms with Crippen LogP contribution in [0.5, 0.6) is 0 Å². The lowest BCUT2D eigenvalue weighted by molar-refractivity contribution is -0.134. The van der Waals surface area contributed by atoms with Crippen LogP contribution in [0.1, 0.15) is 81.9 Å². The van der Waals surface area contributed by atoms with Crippen LogP contribution in [0, 0.1) is 11.8 Å². The van der Waals surface area contributed by atoms with Gasteiger partial charge >= 0.3 is 0 Å². The minimum Gasteiger partial charge on any atom is -0.393 e. The zero-order valence-corrected chi connectivity index (χ0v) is 31.4. The normalized spacial score (nSPS) is 24.4. The monoisotopic (exact) mass is 755 g/mol. The van der Waals surface area contributed by atoms with Crippen molar-refractivity contribution in [2.24, 2.45) is 17.0 Å². The van der Waals surface area contributed by atoms with E-state index in [9.17, 15) is 36.9 Å². The smallest absolute Gasteiger partial charge is 0.253 e. The van der Waals surface area contributed by atoms with E-state index in [0.29, 0.717) is 75.9 Å². The number of benzene rings is 1. The van der Waals surface area contributed by atoms with Crippen molar-refractivity contribution in [2.75, 3.05) is 33.4 Å². The first kappa shape index (κ1) is 40.6. The average Bonchev–Trinajstić information content (AvgIpc) is 3.65. The van der Waals surface area contributed by atoms with Gasteiger partial charge in [0, 0.05) is 45.3 Å². The first-order valence-corrected chi connectivity index (χ1v) is 21.3. The van der Waals surface area contributed by atoms with E-state index in [1.165, 1.54) is 23.0 Å². The molecule has 1 aliphatic carbocycles. The van der Waals surface area contributed by atoms with E-state index in [1.807, 2.05) is 49.4 Å². The minimum atomic E-state index is -4.16. The Hall–Kier alpha value is -2.21. The van der Waals surface area contributed by atoms with E-state index in [-0.39, 0.29) is 51.2 Å². The summed E-state index contributed by atoms with van der Waals surface area (Å²) < 4.78 is 57.2. The number of hydrogen-bond donors (Lipinski definition) is 4. The SMILES string of the molecule is CCN(C(=O)CCC/C=C\C[C@@H]1[C@@H](CC[C@H](O)CCc2ccccc2)[C@H](O)C[C@@H]1O)[C@@H]1CN(CCCOC)S(=O)(=O)c2sc(S(N)(=O)=O)cc21. The fraction of sp³-hybridized carbons (Fsp3) is 0.629. The number of nitrogens with zero attached hydrogens (tertiary/aromatic N) is 2. The largest absolute Gasteiger partial charge is 0.393 e. The number of aryl methyl sites for hydroxylation is 1. The van der Waals surface area contributed by atoms with Crippen LogP contribution in [0.3, 0.4) is 0 Å². The van der Waals surface area contributed by atoms with Crippen LogP contribution < -0.4 is 5.14 Å². The molecule has 12 nitrogen and oxygen atoms in total. The van der Waals surface area contributed by atoms with Gasteiger partial charge in [0.1, 0.15) is 8.42 Å². The van der Waals surface area contributed by atoms with Gasteiger partial charge in [0.15, 0.2) is 0 Å². The summed E-state index contributed by atoms with van der Waals surface area (Å²) in [6.45, 7) is 2.62. The first-order valence-electron chi connectivity index (χ1n) is 17.5. The topological polar surface area (TPSA) is 188 Å². The highest BCUT2D eigenvalue weighted by Gasteiger charge is 2.43. The van der Waals surface area contributed by atoms with Crippen molar-refractivity contribution in [1.82, 2.24) is 9.21 Å². The lowest BCUT2D eigenvalue weighted by atomic mass is 9.85. The highest BCUT2D eigenvalue weighted by atomic mass is 32.3. The molecule has 0 bridgehead atoms. The quantitative estimate of drug-likeness (QED) is 0.123. The number of aliphatic hydroxyl groups excluding tert-OH is 3. The minimum absolute atomic E-state index is 0.000109. The van der Waals surface area contributed by atoms with Gasteiger partial charge in [-0.1, -0.05) is 42.5 Å². The fourth-order valence-electron chi connectivity index (χ4n) is 7.18. The van der Waals surface area contributed by atoms with Crippen molar-refractivity contribution in [1.29, 1.82) is 0 Å². The molecule has 1 amide bonds. The Morgan fingerprint density at radius 1 is 1.14 bits per heavy atom. The Balaban J connectivity index is 1.31. The molecule has 0 saturated heterocycles. The number of carbonyl (C=O) groups is 1. The summed E-state index contributed by atoms with van der Waals surface area (Å²) in [6, 6.07) is 10.6. The molecule has 0 spiro atoms. The van der Waals surface area contributed by atoms with Gasteiger partial charge in [0.05, 0.1) is 24.4 Å². The molecule has 2 aromatic rings. The zero-order chi connectivity index (χ0) is 36.5. The van der Waals surface area contributed by atoms with Crippen LogP contribution in [0.4, 0.5) is 0 Å². The van der Waals surface area contributed by atoms with Gasteiger partial charge in [-0.25, -0.2) is 22.0 Å². The van der Waals surface area contributed by atoms with E-state index in [1.54, 1.807) is 4.90 Å². The maximum atomic E-state index is 13.5. The molecule has 15 heteroatoms. The van der Waals surface area contributed by atoms with E-state index in [2.05, 4.69) is 0 Å². The van der Waals surface area contributed by atoms with Gasteiger partial charge in [0.2, 0.25) is 15.9 Å². The molecule has 50 heavy (non-hydrogen) atoms. The summed E-state index contributed by atoms with van der Waals surface area (Å²) in [7, 11) is -6.62. The van der Waals surface area contributed by atoms with Crippen LogP contribution in [0.25, 0.3) is 0 Å². The summed E-state index contributed by atoms with van der Waals surface area (Å²) in [5.74, 6) is -0.390. The van der Waals surface area contributed by atoms with Crippen molar-refractivity contribution < 1.29 is 41.7 Å². The Labute approximate surface area is 301 Å². The number of aliphatic hydroxyl groups is 3. The van der Waals surface area contributed by atoms with Gasteiger partial charge in [-0.3, -0.25) is 4.79 Å². The third kappa shape index (κ3) is 10.4. The second-order valence-electron chi connectivity index (χ2n) is 13.3. The van der Waals surface area contributed by atoms with Gasteiger partial charge in [0.25, 0.3) is 10.0 Å². The lowest BCUT2D eigenvalue weighted by Gasteiger charge is -2.38. The summed E-state index contributed by atoms with van der Waals surface area (Å²) >= 11 is 0.612. The first-order chi connectivity index (χ1) is 23.8. The van der Waals surface area contributed by atoms with Crippen molar-refractivity contribution >= 4 is 37.3 Å². The number of fused-ring (bicyclic) bond motifs is 1. The molecule has 5 N–H and O–H groups in total. The molecular formula is C35H53N3O9S3. The average molecular weight is 756 g/mol. The number of allylic oxidation sites excluding steroid dienone is 2. The van der Waals surface area contributed by atoms with E-state index >= 15 is 0 Å². The molecule has 1 aromatic heterocycles. The predicted octanol–water partition coefficient (Wildman–Crippen LogP) is 3.57. The Bertz CT molecular complexity index is 1630. The molecule has 0 radical (unpaired) electrons. The van der Waals surface area contributed by atoms with Crippen molar-refractivity contribution in [3.63, 3.8) is 0 Å². The number of hydrogen-bond acceptors (Lipinski definition) is 10. The summed E-state index contributed by atoms with van der Waals surface area (Å²) in [4.78, 5) is 15.1. The molecule has 6 atom stereocenters. The number of primary sulfonamides is 1. The van der Waals surface area contributed by atoms with Crippen LogP contribution >= 0.6 is 11.3 Å². The Morgan fingerprint density at radius 3 is 2.54 bits per heavy atom. The van der Waals surface area contributed by atoms with Crippen molar-refractivity contribution in [2.45, 2.75) is 104 Å². The highest BCUT2D eigenvalue weighted by molar-refractivity contribution is 7.94. The maximum Gasteiger partial charge on any atom is 0.253 e. The number of nitrogens with two attached hydrogens (primary N) is 1. The molecule has 0 unspecified atom stereocenters. The maximum absolute atomic E-state index is 13.5. The van der Waals surface area contributed by atoms with Crippen LogP contribution in [-0.4, -0.2) is 98.9 Å². The fourth-order valence-corrected chi connectivity index (χ4v) is 11.5. The van der Waals surface area contributed by atoms with Crippen molar-refractivity contribution in [3.8, 4) is 0 Å². The molecule has 1 aromatic carbocycles. The second kappa shape index (κ2) is 18.5. The van der Waals surface area contributed by atoms with E-state index in [0.717, 1.165) is 6.42 Å². The van der Waals surface area contributed by atoms with Crippen molar-refractivity contribution in [3.05, 3.63) is 59.7 Å². The Morgan fingerprint density at radius 2 is 1.86 bits per heavy atom.